The monoisotopic (exact) mass is 294 g/mol. The summed E-state index contributed by atoms with van der Waals surface area (Å²) >= 11 is 5.77. The van der Waals surface area contributed by atoms with Gasteiger partial charge < -0.3 is 9.84 Å². The van der Waals surface area contributed by atoms with Gasteiger partial charge in [-0.3, -0.25) is 0 Å². The van der Waals surface area contributed by atoms with Gasteiger partial charge in [-0.2, -0.15) is 0 Å². The number of hydrogen-bond acceptors (Lipinski definition) is 2. The minimum Gasteiger partial charge on any atom is -0.496 e. The van der Waals surface area contributed by atoms with E-state index in [9.17, 15) is 9.50 Å². The lowest BCUT2D eigenvalue weighted by molar-refractivity contribution is 0.214. The predicted molar refractivity (Wildman–Crippen MR) is 77.9 cm³/mol. The first-order valence-corrected chi connectivity index (χ1v) is 6.60. The van der Waals surface area contributed by atoms with Gasteiger partial charge in [0, 0.05) is 5.56 Å². The molecule has 0 heterocycles. The van der Waals surface area contributed by atoms with Crippen LogP contribution in [0.3, 0.4) is 0 Å². The molecule has 0 bridgehead atoms. The Balaban J connectivity index is 2.52. The minimum atomic E-state index is -0.913. The Kier molecular flexibility index (Phi) is 4.31. The third kappa shape index (κ3) is 2.79. The molecule has 1 atom stereocenters. The molecule has 0 saturated carbocycles. The Morgan fingerprint density at radius 3 is 2.50 bits per heavy atom. The molecule has 2 nitrogen and oxygen atoms in total. The highest BCUT2D eigenvalue weighted by molar-refractivity contribution is 6.30. The van der Waals surface area contributed by atoms with Gasteiger partial charge in [0.05, 0.1) is 12.1 Å². The Morgan fingerprint density at radius 2 is 1.90 bits per heavy atom. The molecule has 2 aromatic rings. The Labute approximate surface area is 122 Å². The number of rotatable bonds is 3. The maximum atomic E-state index is 13.2. The van der Waals surface area contributed by atoms with Gasteiger partial charge in [-0.1, -0.05) is 23.7 Å². The molecule has 0 amide bonds. The van der Waals surface area contributed by atoms with Crippen molar-refractivity contribution in [2.75, 3.05) is 7.11 Å². The molecular formula is C16H16ClFO2. The number of methoxy groups -OCH3 is 1. The molecule has 20 heavy (non-hydrogen) atoms. The summed E-state index contributed by atoms with van der Waals surface area (Å²) in [6.45, 7) is 3.86. The summed E-state index contributed by atoms with van der Waals surface area (Å²) in [6, 6.07) is 8.02. The van der Waals surface area contributed by atoms with E-state index in [1.807, 2.05) is 26.0 Å². The van der Waals surface area contributed by atoms with Crippen LogP contribution >= 0.6 is 11.6 Å². The fraction of sp³-hybridized carbons (Fsp3) is 0.250. The van der Waals surface area contributed by atoms with E-state index < -0.39 is 11.9 Å². The van der Waals surface area contributed by atoms with E-state index in [0.717, 1.165) is 11.1 Å². The summed E-state index contributed by atoms with van der Waals surface area (Å²) in [5.41, 5.74) is 3.16. The van der Waals surface area contributed by atoms with Crippen molar-refractivity contribution in [1.29, 1.82) is 0 Å². The zero-order valence-electron chi connectivity index (χ0n) is 11.6. The van der Waals surface area contributed by atoms with E-state index >= 15 is 0 Å². The number of benzene rings is 2. The number of aryl methyl sites for hydroxylation is 2. The summed E-state index contributed by atoms with van der Waals surface area (Å²) in [5.74, 6) is 0.102. The quantitative estimate of drug-likeness (QED) is 0.920. The van der Waals surface area contributed by atoms with Crippen molar-refractivity contribution in [3.63, 3.8) is 0 Å². The summed E-state index contributed by atoms with van der Waals surface area (Å²) in [7, 11) is 1.56. The molecule has 0 aromatic heterocycles. The lowest BCUT2D eigenvalue weighted by Crippen LogP contribution is -2.05. The maximum Gasteiger partial charge on any atom is 0.141 e. The first kappa shape index (κ1) is 14.8. The number of aliphatic hydroxyl groups is 1. The molecule has 0 saturated heterocycles. The van der Waals surface area contributed by atoms with Crippen LogP contribution in [0.15, 0.2) is 30.3 Å². The molecule has 0 radical (unpaired) electrons. The number of ether oxygens (including phenoxy) is 1. The molecule has 2 rings (SSSR count). The third-order valence-corrected chi connectivity index (χ3v) is 3.54. The van der Waals surface area contributed by atoms with E-state index in [0.29, 0.717) is 16.9 Å². The van der Waals surface area contributed by atoms with Gasteiger partial charge in [0.25, 0.3) is 0 Å². The summed E-state index contributed by atoms with van der Waals surface area (Å²) in [5, 5.41) is 10.5. The lowest BCUT2D eigenvalue weighted by atomic mass is 9.95. The zero-order chi connectivity index (χ0) is 14.9. The topological polar surface area (TPSA) is 29.5 Å². The van der Waals surface area contributed by atoms with E-state index in [1.165, 1.54) is 18.2 Å². The summed E-state index contributed by atoms with van der Waals surface area (Å²) in [6.07, 6.45) is -0.913. The van der Waals surface area contributed by atoms with Crippen molar-refractivity contribution in [3.8, 4) is 5.75 Å². The van der Waals surface area contributed by atoms with E-state index in [4.69, 9.17) is 16.3 Å². The normalized spacial score (nSPS) is 12.3. The van der Waals surface area contributed by atoms with Crippen LogP contribution in [0.4, 0.5) is 4.39 Å². The average molecular weight is 295 g/mol. The smallest absolute Gasteiger partial charge is 0.141 e. The van der Waals surface area contributed by atoms with Crippen LogP contribution in [-0.2, 0) is 0 Å². The molecule has 2 aromatic carbocycles. The SMILES string of the molecule is COc1cc(C)cc(C)c1C(O)c1ccc(F)c(Cl)c1. The Hall–Kier alpha value is -1.58. The van der Waals surface area contributed by atoms with Crippen LogP contribution in [0.5, 0.6) is 5.75 Å². The van der Waals surface area contributed by atoms with E-state index in [1.54, 1.807) is 7.11 Å². The van der Waals surface area contributed by atoms with Crippen LogP contribution in [-0.4, -0.2) is 12.2 Å². The Morgan fingerprint density at radius 1 is 1.20 bits per heavy atom. The summed E-state index contributed by atoms with van der Waals surface area (Å²) in [4.78, 5) is 0. The number of aliphatic hydroxyl groups excluding tert-OH is 1. The van der Waals surface area contributed by atoms with Gasteiger partial charge in [-0.25, -0.2) is 4.39 Å². The van der Waals surface area contributed by atoms with Gasteiger partial charge in [-0.05, 0) is 48.7 Å². The van der Waals surface area contributed by atoms with Crippen molar-refractivity contribution in [1.82, 2.24) is 0 Å². The van der Waals surface area contributed by atoms with Gasteiger partial charge in [-0.15, -0.1) is 0 Å². The van der Waals surface area contributed by atoms with Gasteiger partial charge in [0.15, 0.2) is 0 Å². The second kappa shape index (κ2) is 5.81. The predicted octanol–water partition coefficient (Wildman–Crippen LogP) is 4.19. The molecule has 0 aliphatic heterocycles. The van der Waals surface area contributed by atoms with Crippen molar-refractivity contribution in [2.24, 2.45) is 0 Å². The van der Waals surface area contributed by atoms with Crippen LogP contribution in [0.25, 0.3) is 0 Å². The first-order chi connectivity index (χ1) is 9.43. The molecule has 0 aliphatic rings. The van der Waals surface area contributed by atoms with Gasteiger partial charge in [0.1, 0.15) is 17.7 Å². The van der Waals surface area contributed by atoms with Gasteiger partial charge >= 0.3 is 0 Å². The molecule has 4 heteroatoms. The van der Waals surface area contributed by atoms with Crippen LogP contribution in [0.2, 0.25) is 5.02 Å². The highest BCUT2D eigenvalue weighted by Gasteiger charge is 2.19. The van der Waals surface area contributed by atoms with Crippen LogP contribution in [0, 0.1) is 19.7 Å². The fourth-order valence-electron chi connectivity index (χ4n) is 2.31. The highest BCUT2D eigenvalue weighted by atomic mass is 35.5. The minimum absolute atomic E-state index is 0.00900. The molecule has 0 fully saturated rings. The molecule has 0 spiro atoms. The van der Waals surface area contributed by atoms with Crippen molar-refractivity contribution >= 4 is 11.6 Å². The van der Waals surface area contributed by atoms with Gasteiger partial charge in [0.2, 0.25) is 0 Å². The van der Waals surface area contributed by atoms with E-state index in [2.05, 4.69) is 0 Å². The summed E-state index contributed by atoms with van der Waals surface area (Å²) < 4.78 is 18.5. The number of hydrogen-bond donors (Lipinski definition) is 1. The van der Waals surface area contributed by atoms with Crippen LogP contribution in [0.1, 0.15) is 28.4 Å². The second-order valence-electron chi connectivity index (χ2n) is 4.77. The standard InChI is InChI=1S/C16H16ClFO2/c1-9-6-10(2)15(14(7-9)20-3)16(19)11-4-5-13(18)12(17)8-11/h4-8,16,19H,1-3H3. The molecule has 0 aliphatic carbocycles. The molecule has 106 valence electrons. The van der Waals surface area contributed by atoms with E-state index in [-0.39, 0.29) is 5.02 Å². The number of halogens is 2. The largest absolute Gasteiger partial charge is 0.496 e. The zero-order valence-corrected chi connectivity index (χ0v) is 12.3. The third-order valence-electron chi connectivity index (χ3n) is 3.25. The Bertz CT molecular complexity index is 641. The van der Waals surface area contributed by atoms with Crippen molar-refractivity contribution < 1.29 is 14.2 Å². The molecule has 1 unspecified atom stereocenters. The van der Waals surface area contributed by atoms with Crippen molar-refractivity contribution in [2.45, 2.75) is 20.0 Å². The molecular weight excluding hydrogens is 279 g/mol. The van der Waals surface area contributed by atoms with Crippen molar-refractivity contribution in [3.05, 3.63) is 63.4 Å². The first-order valence-electron chi connectivity index (χ1n) is 6.22. The second-order valence-corrected chi connectivity index (χ2v) is 5.18. The maximum absolute atomic E-state index is 13.2. The molecule has 1 N–H and O–H groups in total. The van der Waals surface area contributed by atoms with Crippen LogP contribution < -0.4 is 4.74 Å². The average Bonchev–Trinajstić information content (AvgIpc) is 2.40. The highest BCUT2D eigenvalue weighted by Crippen LogP contribution is 2.34. The lowest BCUT2D eigenvalue weighted by Gasteiger charge is -2.19. The fourth-order valence-corrected chi connectivity index (χ4v) is 2.50.